The van der Waals surface area contributed by atoms with Crippen molar-refractivity contribution < 1.29 is 8.78 Å². The second-order valence-electron chi connectivity index (χ2n) is 4.93. The Hall–Kier alpha value is -1.82. The van der Waals surface area contributed by atoms with Crippen LogP contribution in [0.5, 0.6) is 0 Å². The van der Waals surface area contributed by atoms with Crippen LogP contribution < -0.4 is 5.32 Å². The molecule has 4 nitrogen and oxygen atoms in total. The quantitative estimate of drug-likeness (QED) is 0.938. The number of hydrogen-bond donors (Lipinski definition) is 1. The maximum atomic E-state index is 13.9. The molecule has 0 saturated heterocycles. The Morgan fingerprint density at radius 1 is 1.30 bits per heavy atom. The lowest BCUT2D eigenvalue weighted by Crippen LogP contribution is -2.33. The summed E-state index contributed by atoms with van der Waals surface area (Å²) in [5.41, 5.74) is -0.0941. The third-order valence-corrected chi connectivity index (χ3v) is 3.58. The first-order chi connectivity index (χ1) is 9.72. The van der Waals surface area contributed by atoms with Crippen LogP contribution in [0.4, 0.5) is 8.78 Å². The summed E-state index contributed by atoms with van der Waals surface area (Å²) in [5, 5.41) is 11.5. The van der Waals surface area contributed by atoms with Crippen molar-refractivity contribution in [2.24, 2.45) is 0 Å². The fourth-order valence-corrected chi connectivity index (χ4v) is 2.65. The highest BCUT2D eigenvalue weighted by atomic mass is 19.1. The highest BCUT2D eigenvalue weighted by Crippen LogP contribution is 2.29. The molecular formula is C14H16F2N4. The number of fused-ring (bicyclic) bond motifs is 1. The first-order valence-electron chi connectivity index (χ1n) is 6.83. The smallest absolute Gasteiger partial charge is 0.170 e. The molecule has 0 bridgehead atoms. The lowest BCUT2D eigenvalue weighted by atomic mass is 10.1. The minimum atomic E-state index is -0.606. The van der Waals surface area contributed by atoms with E-state index in [-0.39, 0.29) is 17.4 Å². The van der Waals surface area contributed by atoms with E-state index in [1.165, 1.54) is 18.2 Å². The van der Waals surface area contributed by atoms with E-state index in [1.807, 2.05) is 4.57 Å². The van der Waals surface area contributed by atoms with Crippen LogP contribution in [0, 0.1) is 11.6 Å². The highest BCUT2D eigenvalue weighted by molar-refractivity contribution is 5.57. The second kappa shape index (κ2) is 5.28. The van der Waals surface area contributed by atoms with Gasteiger partial charge in [-0.25, -0.2) is 8.78 Å². The van der Waals surface area contributed by atoms with Crippen LogP contribution in [0.25, 0.3) is 11.4 Å². The predicted octanol–water partition coefficient (Wildman–Crippen LogP) is 2.67. The van der Waals surface area contributed by atoms with Gasteiger partial charge in [-0.3, -0.25) is 0 Å². The van der Waals surface area contributed by atoms with Gasteiger partial charge in [0, 0.05) is 13.1 Å². The van der Waals surface area contributed by atoms with E-state index in [0.29, 0.717) is 6.54 Å². The van der Waals surface area contributed by atoms with Crippen LogP contribution in [0.3, 0.4) is 0 Å². The van der Waals surface area contributed by atoms with Gasteiger partial charge in [-0.1, -0.05) is 19.4 Å². The average Bonchev–Trinajstić information content (AvgIpc) is 2.84. The Morgan fingerprint density at radius 3 is 2.75 bits per heavy atom. The molecule has 0 saturated carbocycles. The Bertz CT molecular complexity index is 603. The lowest BCUT2D eigenvalue weighted by Gasteiger charge is -2.24. The molecule has 0 fully saturated rings. The van der Waals surface area contributed by atoms with Gasteiger partial charge in [0.2, 0.25) is 0 Å². The Kier molecular flexibility index (Phi) is 3.48. The molecule has 106 valence electrons. The zero-order chi connectivity index (χ0) is 14.1. The van der Waals surface area contributed by atoms with Crippen LogP contribution in [-0.4, -0.2) is 21.3 Å². The molecule has 2 aromatic rings. The molecule has 0 radical (unpaired) electrons. The van der Waals surface area contributed by atoms with Crippen molar-refractivity contribution in [1.82, 2.24) is 20.1 Å². The molecule has 1 aromatic heterocycles. The van der Waals surface area contributed by atoms with Crippen LogP contribution in [0.2, 0.25) is 0 Å². The zero-order valence-corrected chi connectivity index (χ0v) is 11.2. The van der Waals surface area contributed by atoms with Crippen LogP contribution in [-0.2, 0) is 6.54 Å². The monoisotopic (exact) mass is 278 g/mol. The summed E-state index contributed by atoms with van der Waals surface area (Å²) in [4.78, 5) is 0. The lowest BCUT2D eigenvalue weighted by molar-refractivity contribution is 0.394. The number of halogens is 2. The number of hydrogen-bond acceptors (Lipinski definition) is 3. The maximum absolute atomic E-state index is 13.9. The first kappa shape index (κ1) is 13.2. The van der Waals surface area contributed by atoms with E-state index in [2.05, 4.69) is 22.4 Å². The fraction of sp³-hybridized carbons (Fsp3) is 0.429. The average molecular weight is 278 g/mol. The van der Waals surface area contributed by atoms with Gasteiger partial charge in [0.25, 0.3) is 0 Å². The summed E-state index contributed by atoms with van der Waals surface area (Å²) in [6, 6.07) is 3.93. The van der Waals surface area contributed by atoms with Crippen molar-refractivity contribution in [3.8, 4) is 11.4 Å². The van der Waals surface area contributed by atoms with Gasteiger partial charge in [0.05, 0.1) is 11.6 Å². The molecule has 1 atom stereocenters. The maximum Gasteiger partial charge on any atom is 0.170 e. The van der Waals surface area contributed by atoms with Gasteiger partial charge in [-0.05, 0) is 18.6 Å². The molecule has 3 rings (SSSR count). The third-order valence-electron chi connectivity index (χ3n) is 3.58. The molecule has 0 spiro atoms. The van der Waals surface area contributed by atoms with Gasteiger partial charge in [0.15, 0.2) is 11.6 Å². The summed E-state index contributed by atoms with van der Waals surface area (Å²) >= 11 is 0. The summed E-state index contributed by atoms with van der Waals surface area (Å²) in [7, 11) is 0. The number of nitrogens with zero attached hydrogens (tertiary/aromatic N) is 3. The van der Waals surface area contributed by atoms with Crippen molar-refractivity contribution in [3.05, 3.63) is 35.7 Å². The number of benzene rings is 1. The van der Waals surface area contributed by atoms with E-state index in [0.717, 1.165) is 25.2 Å². The first-order valence-corrected chi connectivity index (χ1v) is 6.83. The van der Waals surface area contributed by atoms with Gasteiger partial charge in [-0.2, -0.15) is 0 Å². The molecule has 1 aliphatic heterocycles. The van der Waals surface area contributed by atoms with Crippen molar-refractivity contribution in [2.45, 2.75) is 32.4 Å². The summed E-state index contributed by atoms with van der Waals surface area (Å²) in [6.07, 6.45) is 1.94. The normalized spacial score (nSPS) is 18.1. The topological polar surface area (TPSA) is 42.7 Å². The molecule has 0 amide bonds. The molecule has 1 N–H and O–H groups in total. The summed E-state index contributed by atoms with van der Waals surface area (Å²) < 4.78 is 29.6. The van der Waals surface area contributed by atoms with Crippen LogP contribution in [0.15, 0.2) is 18.2 Å². The highest BCUT2D eigenvalue weighted by Gasteiger charge is 2.27. The van der Waals surface area contributed by atoms with Crippen molar-refractivity contribution in [1.29, 1.82) is 0 Å². The molecule has 6 heteroatoms. The molecule has 1 aliphatic rings. The molecule has 1 unspecified atom stereocenters. The van der Waals surface area contributed by atoms with Crippen LogP contribution in [0.1, 0.15) is 31.6 Å². The van der Waals surface area contributed by atoms with Crippen LogP contribution >= 0.6 is 0 Å². The number of nitrogens with one attached hydrogen (secondary N) is 1. The Balaban J connectivity index is 2.09. The molecule has 20 heavy (non-hydrogen) atoms. The van der Waals surface area contributed by atoms with Crippen molar-refractivity contribution in [2.75, 3.05) is 6.54 Å². The fourth-order valence-electron chi connectivity index (χ4n) is 2.65. The van der Waals surface area contributed by atoms with Crippen molar-refractivity contribution in [3.63, 3.8) is 0 Å². The van der Waals surface area contributed by atoms with Gasteiger partial charge < -0.3 is 9.88 Å². The van der Waals surface area contributed by atoms with Crippen molar-refractivity contribution >= 4 is 0 Å². The SMILES string of the molecule is CCCC1NCCn2c(-c3c(F)cccc3F)nnc21. The molecular weight excluding hydrogens is 262 g/mol. The van der Waals surface area contributed by atoms with Gasteiger partial charge in [0.1, 0.15) is 11.6 Å². The van der Waals surface area contributed by atoms with E-state index in [9.17, 15) is 8.78 Å². The number of rotatable bonds is 3. The zero-order valence-electron chi connectivity index (χ0n) is 11.2. The number of aromatic nitrogens is 3. The van der Waals surface area contributed by atoms with E-state index < -0.39 is 11.6 Å². The summed E-state index contributed by atoms with van der Waals surface area (Å²) in [6.45, 7) is 3.46. The molecule has 2 heterocycles. The largest absolute Gasteiger partial charge is 0.308 e. The van der Waals surface area contributed by atoms with E-state index in [1.54, 1.807) is 0 Å². The minimum absolute atomic E-state index is 0.0941. The predicted molar refractivity (Wildman–Crippen MR) is 71.0 cm³/mol. The van der Waals surface area contributed by atoms with Gasteiger partial charge in [-0.15, -0.1) is 10.2 Å². The molecule has 1 aromatic carbocycles. The molecule has 0 aliphatic carbocycles. The summed E-state index contributed by atoms with van der Waals surface area (Å²) in [5.74, 6) is -0.175. The second-order valence-corrected chi connectivity index (χ2v) is 4.93. The Morgan fingerprint density at radius 2 is 2.05 bits per heavy atom. The van der Waals surface area contributed by atoms with Gasteiger partial charge >= 0.3 is 0 Å². The van der Waals surface area contributed by atoms with E-state index >= 15 is 0 Å². The standard InChI is InChI=1S/C14H16F2N4/c1-2-4-11-13-18-19-14(20(13)8-7-17-11)12-9(15)5-3-6-10(12)16/h3,5-6,11,17H,2,4,7-8H2,1H3. The minimum Gasteiger partial charge on any atom is -0.308 e. The van der Waals surface area contributed by atoms with E-state index in [4.69, 9.17) is 0 Å². The Labute approximate surface area is 115 Å². The third kappa shape index (κ3) is 2.10.